The van der Waals surface area contributed by atoms with E-state index in [9.17, 15) is 14.7 Å². The average Bonchev–Trinajstić information content (AvgIpc) is 2.99. The van der Waals surface area contributed by atoms with Crippen molar-refractivity contribution >= 4 is 17.4 Å². The van der Waals surface area contributed by atoms with E-state index in [0.29, 0.717) is 23.4 Å². The van der Waals surface area contributed by atoms with Gasteiger partial charge in [-0.15, -0.1) is 0 Å². The van der Waals surface area contributed by atoms with Crippen molar-refractivity contribution in [1.29, 1.82) is 0 Å². The van der Waals surface area contributed by atoms with Crippen LogP contribution in [0.15, 0.2) is 48.0 Å². The summed E-state index contributed by atoms with van der Waals surface area (Å²) in [5.41, 5.74) is 3.16. The lowest BCUT2D eigenvalue weighted by Crippen LogP contribution is -3.05. The monoisotopic (exact) mass is 423 g/mol. The molecule has 0 spiro atoms. The number of carbonyl (C=O) groups excluding carboxylic acids is 2. The van der Waals surface area contributed by atoms with E-state index in [4.69, 9.17) is 4.74 Å². The SMILES string of the molecule is COc1ccccc1[C@@H]1C(=C(O)c2cc(C)ccc2C)C(=O)C(=O)N1CCC[NH+](C)C. The van der Waals surface area contributed by atoms with Crippen LogP contribution in [-0.4, -0.2) is 56.0 Å². The zero-order valence-corrected chi connectivity index (χ0v) is 18.9. The summed E-state index contributed by atoms with van der Waals surface area (Å²) in [5.74, 6) is -0.816. The fraction of sp³-hybridized carbons (Fsp3) is 0.360. The number of nitrogens with one attached hydrogen (secondary N) is 1. The Hall–Kier alpha value is -3.12. The molecule has 0 unspecified atom stereocenters. The summed E-state index contributed by atoms with van der Waals surface area (Å²) in [4.78, 5) is 29.0. The molecule has 1 heterocycles. The van der Waals surface area contributed by atoms with Crippen molar-refractivity contribution in [3.63, 3.8) is 0 Å². The lowest BCUT2D eigenvalue weighted by atomic mass is 9.93. The van der Waals surface area contributed by atoms with Crippen LogP contribution in [0.2, 0.25) is 0 Å². The maximum absolute atomic E-state index is 13.2. The molecular weight excluding hydrogens is 392 g/mol. The first-order chi connectivity index (χ1) is 14.8. The van der Waals surface area contributed by atoms with Crippen molar-refractivity contribution in [1.82, 2.24) is 4.90 Å². The third-order valence-corrected chi connectivity index (χ3v) is 5.70. The van der Waals surface area contributed by atoms with Gasteiger partial charge in [-0.25, -0.2) is 0 Å². The van der Waals surface area contributed by atoms with E-state index >= 15 is 0 Å². The molecule has 0 aromatic heterocycles. The molecule has 2 aromatic carbocycles. The third-order valence-electron chi connectivity index (χ3n) is 5.70. The number of aliphatic hydroxyl groups excluding tert-OH is 1. The Morgan fingerprint density at radius 1 is 1.13 bits per heavy atom. The molecule has 1 amide bonds. The molecule has 1 aliphatic rings. The Balaban J connectivity index is 2.19. The minimum absolute atomic E-state index is 0.111. The number of likely N-dealkylation sites (tertiary alicyclic amines) is 1. The van der Waals surface area contributed by atoms with Gasteiger partial charge in [-0.3, -0.25) is 9.59 Å². The number of amides is 1. The number of aryl methyl sites for hydroxylation is 2. The predicted molar refractivity (Wildman–Crippen MR) is 120 cm³/mol. The van der Waals surface area contributed by atoms with E-state index in [0.717, 1.165) is 24.1 Å². The van der Waals surface area contributed by atoms with Crippen molar-refractivity contribution in [3.05, 3.63) is 70.3 Å². The molecule has 164 valence electrons. The van der Waals surface area contributed by atoms with Crippen molar-refractivity contribution in [2.24, 2.45) is 0 Å². The van der Waals surface area contributed by atoms with E-state index in [-0.39, 0.29) is 11.3 Å². The van der Waals surface area contributed by atoms with Crippen molar-refractivity contribution < 1.29 is 24.3 Å². The van der Waals surface area contributed by atoms with Crippen LogP contribution in [0.25, 0.3) is 5.76 Å². The van der Waals surface area contributed by atoms with Crippen LogP contribution < -0.4 is 9.64 Å². The number of benzene rings is 2. The molecule has 1 saturated heterocycles. The van der Waals surface area contributed by atoms with Crippen LogP contribution >= 0.6 is 0 Å². The minimum atomic E-state index is -0.701. The molecule has 0 radical (unpaired) electrons. The summed E-state index contributed by atoms with van der Waals surface area (Å²) in [6.07, 6.45) is 0.741. The zero-order valence-electron chi connectivity index (χ0n) is 18.9. The number of hydrogen-bond acceptors (Lipinski definition) is 4. The van der Waals surface area contributed by atoms with Gasteiger partial charge >= 0.3 is 0 Å². The van der Waals surface area contributed by atoms with Crippen LogP contribution in [0.1, 0.15) is 34.7 Å². The van der Waals surface area contributed by atoms with Gasteiger partial charge in [-0.05, 0) is 31.5 Å². The predicted octanol–water partition coefficient (Wildman–Crippen LogP) is 2.27. The smallest absolute Gasteiger partial charge is 0.295 e. The van der Waals surface area contributed by atoms with Gasteiger partial charge in [0.25, 0.3) is 11.7 Å². The summed E-state index contributed by atoms with van der Waals surface area (Å²) >= 11 is 0. The molecule has 1 fully saturated rings. The second kappa shape index (κ2) is 9.35. The topological polar surface area (TPSA) is 71.3 Å². The first kappa shape index (κ1) is 22.6. The summed E-state index contributed by atoms with van der Waals surface area (Å²) < 4.78 is 5.54. The van der Waals surface area contributed by atoms with Crippen LogP contribution in [0.5, 0.6) is 5.75 Å². The highest BCUT2D eigenvalue weighted by molar-refractivity contribution is 6.46. The van der Waals surface area contributed by atoms with Crippen LogP contribution in [0.4, 0.5) is 0 Å². The molecule has 2 aromatic rings. The Labute approximate surface area is 183 Å². The lowest BCUT2D eigenvalue weighted by molar-refractivity contribution is -0.858. The van der Waals surface area contributed by atoms with Gasteiger partial charge in [-0.1, -0.05) is 35.9 Å². The van der Waals surface area contributed by atoms with Gasteiger partial charge in [0.15, 0.2) is 0 Å². The molecule has 3 rings (SSSR count). The second-order valence-electron chi connectivity index (χ2n) is 8.36. The minimum Gasteiger partial charge on any atom is -0.507 e. The van der Waals surface area contributed by atoms with Gasteiger partial charge in [-0.2, -0.15) is 0 Å². The molecule has 31 heavy (non-hydrogen) atoms. The number of para-hydroxylation sites is 1. The fourth-order valence-corrected chi connectivity index (χ4v) is 4.07. The number of rotatable bonds is 7. The maximum atomic E-state index is 13.2. The van der Waals surface area contributed by atoms with Gasteiger partial charge in [0, 0.05) is 24.1 Å². The van der Waals surface area contributed by atoms with Gasteiger partial charge < -0.3 is 19.6 Å². The highest BCUT2D eigenvalue weighted by atomic mass is 16.5. The lowest BCUT2D eigenvalue weighted by Gasteiger charge is -2.26. The molecule has 6 heteroatoms. The number of hydrogen-bond donors (Lipinski definition) is 2. The first-order valence-electron chi connectivity index (χ1n) is 10.5. The van der Waals surface area contributed by atoms with Crippen LogP contribution in [0.3, 0.4) is 0 Å². The summed E-state index contributed by atoms with van der Waals surface area (Å²) in [5, 5.41) is 11.3. The number of Topliss-reactive ketones (excluding diaryl/α,β-unsaturated/α-hetero) is 1. The van der Waals surface area contributed by atoms with Crippen molar-refractivity contribution in [2.45, 2.75) is 26.3 Å². The number of quaternary nitrogens is 1. The number of ether oxygens (including phenoxy) is 1. The first-order valence-corrected chi connectivity index (χ1v) is 10.5. The van der Waals surface area contributed by atoms with Crippen LogP contribution in [0, 0.1) is 13.8 Å². The zero-order chi connectivity index (χ0) is 22.7. The molecule has 6 nitrogen and oxygen atoms in total. The fourth-order valence-electron chi connectivity index (χ4n) is 4.07. The molecule has 2 N–H and O–H groups in total. The Morgan fingerprint density at radius 3 is 2.52 bits per heavy atom. The van der Waals surface area contributed by atoms with E-state index < -0.39 is 17.7 Å². The molecule has 1 atom stereocenters. The molecule has 0 bridgehead atoms. The van der Waals surface area contributed by atoms with Crippen LogP contribution in [-0.2, 0) is 9.59 Å². The molecular formula is C25H31N2O4+. The quantitative estimate of drug-likeness (QED) is 0.407. The van der Waals surface area contributed by atoms with E-state index in [2.05, 4.69) is 0 Å². The van der Waals surface area contributed by atoms with E-state index in [1.165, 1.54) is 4.90 Å². The highest BCUT2D eigenvalue weighted by Crippen LogP contribution is 2.43. The van der Waals surface area contributed by atoms with Crippen molar-refractivity contribution in [2.75, 3.05) is 34.3 Å². The number of aliphatic hydroxyl groups is 1. The Kier molecular flexibility index (Phi) is 6.81. The molecule has 0 saturated carbocycles. The standard InChI is InChI=1S/C25H30N2O4/c1-16-11-12-17(2)19(15-16)23(28)21-22(18-9-6-7-10-20(18)31-5)27(25(30)24(21)29)14-8-13-26(3)4/h6-7,9-12,15,22,28H,8,13-14H2,1-5H3/p+1/t22-/m1/s1. The average molecular weight is 424 g/mol. The number of methoxy groups -OCH3 is 1. The van der Waals surface area contributed by atoms with Gasteiger partial charge in [0.2, 0.25) is 0 Å². The van der Waals surface area contributed by atoms with Gasteiger partial charge in [0.05, 0.1) is 39.4 Å². The third kappa shape index (κ3) is 4.49. The normalized spacial score (nSPS) is 18.1. The van der Waals surface area contributed by atoms with Crippen molar-refractivity contribution in [3.8, 4) is 5.75 Å². The van der Waals surface area contributed by atoms with Gasteiger partial charge in [0.1, 0.15) is 11.5 Å². The summed E-state index contributed by atoms with van der Waals surface area (Å²) in [6.45, 7) is 5.08. The van der Waals surface area contributed by atoms with E-state index in [1.54, 1.807) is 18.1 Å². The number of carbonyl (C=O) groups is 2. The largest absolute Gasteiger partial charge is 0.507 e. The summed E-state index contributed by atoms with van der Waals surface area (Å²) in [7, 11) is 5.66. The number of ketones is 1. The van der Waals surface area contributed by atoms with E-state index in [1.807, 2.05) is 64.3 Å². The molecule has 1 aliphatic heterocycles. The number of nitrogens with zero attached hydrogens (tertiary/aromatic N) is 1. The highest BCUT2D eigenvalue weighted by Gasteiger charge is 2.46. The Bertz CT molecular complexity index is 1030. The summed E-state index contributed by atoms with van der Waals surface area (Å²) in [6, 6.07) is 12.3. The second-order valence-corrected chi connectivity index (χ2v) is 8.36. The Morgan fingerprint density at radius 2 is 1.84 bits per heavy atom. The maximum Gasteiger partial charge on any atom is 0.295 e. The molecule has 0 aliphatic carbocycles.